The number of ether oxygens (including phenoxy) is 3. The van der Waals surface area contributed by atoms with Crippen LogP contribution in [0.2, 0.25) is 0 Å². The second-order valence-electron chi connectivity index (χ2n) is 5.56. The zero-order valence-corrected chi connectivity index (χ0v) is 12.2. The molecular formula is C12H20O12. The summed E-state index contributed by atoms with van der Waals surface area (Å²) in [6, 6.07) is 0. The fourth-order valence-corrected chi connectivity index (χ4v) is 2.55. The minimum Gasteiger partial charge on any atom is -0.479 e. The highest BCUT2D eigenvalue weighted by molar-refractivity contribution is 5.73. The van der Waals surface area contributed by atoms with Crippen LogP contribution < -0.4 is 0 Å². The lowest BCUT2D eigenvalue weighted by molar-refractivity contribution is -0.351. The van der Waals surface area contributed by atoms with Crippen LogP contribution in [-0.4, -0.2) is 115 Å². The molecule has 0 aromatic carbocycles. The highest BCUT2D eigenvalue weighted by Crippen LogP contribution is 2.28. The molecule has 12 nitrogen and oxygen atoms in total. The van der Waals surface area contributed by atoms with Crippen LogP contribution in [0.1, 0.15) is 0 Å². The van der Waals surface area contributed by atoms with Crippen molar-refractivity contribution in [2.45, 2.75) is 61.4 Å². The van der Waals surface area contributed by atoms with E-state index in [9.17, 15) is 40.5 Å². The molecule has 0 aromatic rings. The van der Waals surface area contributed by atoms with Gasteiger partial charge in [0.05, 0.1) is 6.61 Å². The molecule has 0 saturated carbocycles. The van der Waals surface area contributed by atoms with Crippen molar-refractivity contribution in [3.63, 3.8) is 0 Å². The number of carbonyl (C=O) groups is 1. The van der Waals surface area contributed by atoms with E-state index in [0.29, 0.717) is 0 Å². The van der Waals surface area contributed by atoms with Gasteiger partial charge in [0.15, 0.2) is 18.7 Å². The SMILES string of the molecule is O=C(O)[C@H]1O[C@@H](O[C@@H]2[C@H](O)[C@@H](O)[C@H](O)O[C@@H]2CO)[C@H](O)[C@@H](O)[C@H]1O. The number of hydrogen-bond acceptors (Lipinski definition) is 11. The van der Waals surface area contributed by atoms with Gasteiger partial charge in [-0.15, -0.1) is 0 Å². The molecule has 2 heterocycles. The minimum absolute atomic E-state index is 0.748. The van der Waals surface area contributed by atoms with Gasteiger partial charge < -0.3 is 55.1 Å². The molecule has 12 heteroatoms. The third-order valence-electron chi connectivity index (χ3n) is 3.94. The average Bonchev–Trinajstić information content (AvgIpc) is 2.54. The molecule has 0 bridgehead atoms. The fourth-order valence-electron chi connectivity index (χ4n) is 2.55. The van der Waals surface area contributed by atoms with Gasteiger partial charge in [-0.1, -0.05) is 0 Å². The lowest BCUT2D eigenvalue weighted by atomic mass is 9.97. The summed E-state index contributed by atoms with van der Waals surface area (Å²) in [6.45, 7) is -0.748. The van der Waals surface area contributed by atoms with Crippen molar-refractivity contribution in [1.82, 2.24) is 0 Å². The fraction of sp³-hybridized carbons (Fsp3) is 0.917. The van der Waals surface area contributed by atoms with Gasteiger partial charge in [0.1, 0.15) is 42.7 Å². The molecule has 2 aliphatic rings. The standard InChI is InChI=1S/C12H20O12/c13-1-2-8(5(16)6(17)11(21)22-2)23-12-7(18)3(14)4(15)9(24-12)10(19)20/h2-9,11-18,21H,1H2,(H,19,20)/t2-,3+,4-,5-,6-,7-,8+,9+,11-,12-/m1/s1. The van der Waals surface area contributed by atoms with Crippen molar-refractivity contribution in [2.75, 3.05) is 6.61 Å². The third kappa shape index (κ3) is 3.52. The number of carboxylic acids is 1. The van der Waals surface area contributed by atoms with E-state index in [1.807, 2.05) is 0 Å². The first-order chi connectivity index (χ1) is 11.2. The van der Waals surface area contributed by atoms with E-state index in [-0.39, 0.29) is 0 Å². The summed E-state index contributed by atoms with van der Waals surface area (Å²) in [6.07, 6.45) is -17.7. The second kappa shape index (κ2) is 7.53. The van der Waals surface area contributed by atoms with Crippen LogP contribution in [-0.2, 0) is 19.0 Å². The van der Waals surface area contributed by atoms with Crippen LogP contribution in [0.5, 0.6) is 0 Å². The van der Waals surface area contributed by atoms with Crippen molar-refractivity contribution in [3.8, 4) is 0 Å². The van der Waals surface area contributed by atoms with Crippen LogP contribution in [0.3, 0.4) is 0 Å². The van der Waals surface area contributed by atoms with Crippen LogP contribution in [0, 0.1) is 0 Å². The molecule has 0 aromatic heterocycles. The normalized spacial score (nSPS) is 49.8. The summed E-state index contributed by atoms with van der Waals surface area (Å²) in [5.74, 6) is -1.63. The highest BCUT2D eigenvalue weighted by Gasteiger charge is 2.51. The Hall–Kier alpha value is -0.930. The Morgan fingerprint density at radius 2 is 1.50 bits per heavy atom. The molecule has 10 atom stereocenters. The summed E-state index contributed by atoms with van der Waals surface area (Å²) in [5, 5.41) is 76.2. The summed E-state index contributed by atoms with van der Waals surface area (Å²) in [4.78, 5) is 11.0. The van der Waals surface area contributed by atoms with E-state index < -0.39 is 74.0 Å². The molecule has 2 fully saturated rings. The van der Waals surface area contributed by atoms with E-state index in [4.69, 9.17) is 19.3 Å². The van der Waals surface area contributed by atoms with Crippen LogP contribution >= 0.6 is 0 Å². The Labute approximate surface area is 135 Å². The molecule has 0 radical (unpaired) electrons. The Morgan fingerprint density at radius 1 is 0.875 bits per heavy atom. The summed E-state index contributed by atoms with van der Waals surface area (Å²) >= 11 is 0. The molecule has 0 unspecified atom stereocenters. The zero-order valence-electron chi connectivity index (χ0n) is 12.2. The summed E-state index contributed by atoms with van der Waals surface area (Å²) in [5.41, 5.74) is 0. The number of aliphatic hydroxyl groups is 7. The second-order valence-corrected chi connectivity index (χ2v) is 5.56. The van der Waals surface area contributed by atoms with Gasteiger partial charge in [-0.3, -0.25) is 0 Å². The Morgan fingerprint density at radius 3 is 2.04 bits per heavy atom. The number of aliphatic carboxylic acids is 1. The van der Waals surface area contributed by atoms with Crippen molar-refractivity contribution < 1.29 is 59.9 Å². The molecule has 24 heavy (non-hydrogen) atoms. The van der Waals surface area contributed by atoms with Crippen LogP contribution in [0.15, 0.2) is 0 Å². The number of rotatable bonds is 4. The van der Waals surface area contributed by atoms with Gasteiger partial charge in [0, 0.05) is 0 Å². The predicted molar refractivity (Wildman–Crippen MR) is 69.2 cm³/mol. The predicted octanol–water partition coefficient (Wildman–Crippen LogP) is -5.30. The molecule has 0 aliphatic carbocycles. The minimum atomic E-state index is -1.93. The Kier molecular flexibility index (Phi) is 6.09. The van der Waals surface area contributed by atoms with Gasteiger partial charge in [0.25, 0.3) is 0 Å². The zero-order chi connectivity index (χ0) is 18.2. The van der Waals surface area contributed by atoms with Crippen molar-refractivity contribution in [3.05, 3.63) is 0 Å². The largest absolute Gasteiger partial charge is 0.479 e. The first-order valence-corrected chi connectivity index (χ1v) is 7.07. The lowest BCUT2D eigenvalue weighted by Crippen LogP contribution is -2.64. The molecule has 2 aliphatic heterocycles. The monoisotopic (exact) mass is 356 g/mol. The average molecular weight is 356 g/mol. The first kappa shape index (κ1) is 19.4. The first-order valence-electron chi connectivity index (χ1n) is 7.07. The van der Waals surface area contributed by atoms with Gasteiger partial charge in [0.2, 0.25) is 0 Å². The van der Waals surface area contributed by atoms with E-state index in [1.165, 1.54) is 0 Å². The van der Waals surface area contributed by atoms with E-state index in [0.717, 1.165) is 0 Å². The molecule has 140 valence electrons. The number of hydrogen-bond donors (Lipinski definition) is 8. The number of carboxylic acid groups (broad SMARTS) is 1. The summed E-state index contributed by atoms with van der Waals surface area (Å²) in [7, 11) is 0. The molecule has 0 spiro atoms. The van der Waals surface area contributed by atoms with Crippen LogP contribution in [0.4, 0.5) is 0 Å². The Bertz CT molecular complexity index is 444. The lowest BCUT2D eigenvalue weighted by Gasteiger charge is -2.44. The maximum Gasteiger partial charge on any atom is 0.335 e. The topological polar surface area (TPSA) is 207 Å². The van der Waals surface area contributed by atoms with Gasteiger partial charge >= 0.3 is 5.97 Å². The van der Waals surface area contributed by atoms with Gasteiger partial charge in [-0.2, -0.15) is 0 Å². The van der Waals surface area contributed by atoms with Crippen molar-refractivity contribution in [2.24, 2.45) is 0 Å². The third-order valence-corrected chi connectivity index (χ3v) is 3.94. The van der Waals surface area contributed by atoms with Crippen molar-refractivity contribution >= 4 is 5.97 Å². The quantitative estimate of drug-likeness (QED) is 0.238. The van der Waals surface area contributed by atoms with E-state index in [2.05, 4.69) is 0 Å². The highest BCUT2D eigenvalue weighted by atomic mass is 16.7. The van der Waals surface area contributed by atoms with Crippen molar-refractivity contribution in [1.29, 1.82) is 0 Å². The molecule has 2 rings (SSSR count). The van der Waals surface area contributed by atoms with E-state index in [1.54, 1.807) is 0 Å². The maximum absolute atomic E-state index is 11.0. The maximum atomic E-state index is 11.0. The van der Waals surface area contributed by atoms with Gasteiger partial charge in [-0.25, -0.2) is 4.79 Å². The summed E-state index contributed by atoms with van der Waals surface area (Å²) < 4.78 is 14.9. The number of aliphatic hydroxyl groups excluding tert-OH is 7. The Balaban J connectivity index is 2.16. The van der Waals surface area contributed by atoms with E-state index >= 15 is 0 Å². The van der Waals surface area contributed by atoms with Gasteiger partial charge in [-0.05, 0) is 0 Å². The van der Waals surface area contributed by atoms with Crippen LogP contribution in [0.25, 0.3) is 0 Å². The smallest absolute Gasteiger partial charge is 0.335 e. The molecule has 0 amide bonds. The molecule has 8 N–H and O–H groups in total. The molecular weight excluding hydrogens is 336 g/mol. The molecule has 2 saturated heterocycles.